The lowest BCUT2D eigenvalue weighted by Gasteiger charge is -2.61. The topological polar surface area (TPSA) is 120 Å². The molecule has 1 aliphatic heterocycles. The van der Waals surface area contributed by atoms with E-state index in [9.17, 15) is 20.1 Å². The maximum atomic E-state index is 12.9. The van der Waals surface area contributed by atoms with Gasteiger partial charge in [-0.1, -0.05) is 84.0 Å². The molecule has 9 atom stereocenters. The van der Waals surface area contributed by atoms with Crippen molar-refractivity contribution >= 4 is 6.29 Å². The highest BCUT2D eigenvalue weighted by Gasteiger charge is 2.68. The number of fused-ring (bicyclic) bond motifs is 5. The molecule has 3 aliphatic carbocycles. The molecular weight excluding hydrogens is 713 g/mol. The molecule has 1 aromatic rings. The Kier molecular flexibility index (Phi) is 16.1. The zero-order chi connectivity index (χ0) is 41.2. The van der Waals surface area contributed by atoms with Crippen molar-refractivity contribution in [3.63, 3.8) is 0 Å². The van der Waals surface area contributed by atoms with Gasteiger partial charge < -0.3 is 35.4 Å². The van der Waals surface area contributed by atoms with Gasteiger partial charge in [0.25, 0.3) is 0 Å². The first-order chi connectivity index (χ1) is 27.4. The van der Waals surface area contributed by atoms with Crippen molar-refractivity contribution in [2.24, 2.45) is 35.0 Å². The van der Waals surface area contributed by atoms with Gasteiger partial charge in [-0.3, -0.25) is 4.79 Å². The van der Waals surface area contributed by atoms with Crippen LogP contribution in [0.3, 0.4) is 0 Å². The van der Waals surface area contributed by atoms with E-state index in [1.165, 1.54) is 16.7 Å². The maximum absolute atomic E-state index is 12.9. The van der Waals surface area contributed by atoms with E-state index in [2.05, 4.69) is 91.8 Å². The fraction of sp³-hybridized carbons (Fsp3) is 0.612. The van der Waals surface area contributed by atoms with Crippen molar-refractivity contribution in [3.8, 4) is 0 Å². The summed E-state index contributed by atoms with van der Waals surface area (Å²) < 4.78 is 11.5. The number of benzene rings is 1. The van der Waals surface area contributed by atoms with Crippen LogP contribution in [0.25, 0.3) is 0 Å². The monoisotopic (exact) mass is 785 g/mol. The number of aliphatic hydroxyl groups excluding tert-OH is 2. The normalized spacial score (nSPS) is 34.2. The molecule has 1 spiro atoms. The number of rotatable bonds is 16. The van der Waals surface area contributed by atoms with Crippen LogP contribution in [0.2, 0.25) is 0 Å². The molecule has 5 N–H and O–H groups in total. The lowest BCUT2D eigenvalue weighted by molar-refractivity contribution is -0.194. The zero-order valence-electron chi connectivity index (χ0n) is 35.7. The fourth-order valence-electron chi connectivity index (χ4n) is 10.8. The Morgan fingerprint density at radius 1 is 1.19 bits per heavy atom. The first-order valence-corrected chi connectivity index (χ1v) is 21.5. The van der Waals surface area contributed by atoms with Crippen molar-refractivity contribution < 1.29 is 29.6 Å². The summed E-state index contributed by atoms with van der Waals surface area (Å²) in [6.45, 7) is 16.0. The molecule has 57 heavy (non-hydrogen) atoms. The van der Waals surface area contributed by atoms with Gasteiger partial charge in [-0.2, -0.15) is 0 Å². The standard InChI is InChI=1S/C49H72N2O6/c1-8-57-33-42(14-9-11-35(3)40-16-15-34(2)31-51-47(5,23-26-56-7)29-38-13-10-12-37(27-38)28-40)43-19-21-49(46(43)54)45-39(20-25-52)17-18-41(44(45)36(4)32-53)30-48(49,55)22-24-50-6/h9-15,17-18,27,32,39-41,43,45-46,50-52,54-55H,3,8,16,19-26,28-31,33H2,1-2,4-7H3/t39-,40-,41-,43+,45+,46+,47-,48+,49+/m0/s1. The van der Waals surface area contributed by atoms with E-state index in [0.717, 1.165) is 55.2 Å². The Bertz CT molecular complexity index is 1690. The molecule has 1 aromatic carbocycles. The molecular formula is C49H72N2O6. The Morgan fingerprint density at radius 2 is 1.98 bits per heavy atom. The van der Waals surface area contributed by atoms with Crippen molar-refractivity contribution in [2.45, 2.75) is 103 Å². The molecule has 5 rings (SSSR count). The average Bonchev–Trinajstić information content (AvgIpc) is 3.54. The summed E-state index contributed by atoms with van der Waals surface area (Å²) in [7, 11) is 3.66. The summed E-state index contributed by atoms with van der Waals surface area (Å²) in [4.78, 5) is 12.4. The molecule has 8 nitrogen and oxygen atoms in total. The van der Waals surface area contributed by atoms with Crippen molar-refractivity contribution in [1.29, 1.82) is 0 Å². The summed E-state index contributed by atoms with van der Waals surface area (Å²) >= 11 is 0. The molecule has 0 amide bonds. The number of carbonyl (C=O) groups is 1. The van der Waals surface area contributed by atoms with Crippen LogP contribution in [0.1, 0.15) is 83.8 Å². The van der Waals surface area contributed by atoms with Gasteiger partial charge in [-0.15, -0.1) is 0 Å². The van der Waals surface area contributed by atoms with Crippen LogP contribution in [0.15, 0.2) is 95.2 Å². The second-order valence-corrected chi connectivity index (χ2v) is 17.8. The Balaban J connectivity index is 1.46. The van der Waals surface area contributed by atoms with Crippen LogP contribution in [0.5, 0.6) is 0 Å². The first kappa shape index (κ1) is 45.1. The summed E-state index contributed by atoms with van der Waals surface area (Å²) in [5.41, 5.74) is 5.52. The van der Waals surface area contributed by atoms with Crippen LogP contribution in [0.4, 0.5) is 0 Å². The first-order valence-electron chi connectivity index (χ1n) is 21.5. The van der Waals surface area contributed by atoms with Crippen LogP contribution < -0.4 is 10.6 Å². The van der Waals surface area contributed by atoms with Crippen molar-refractivity contribution in [3.05, 3.63) is 106 Å². The minimum Gasteiger partial charge on any atom is -0.396 e. The van der Waals surface area contributed by atoms with Gasteiger partial charge in [0.2, 0.25) is 0 Å². The van der Waals surface area contributed by atoms with E-state index >= 15 is 0 Å². The average molecular weight is 785 g/mol. The molecule has 0 saturated heterocycles. The van der Waals surface area contributed by atoms with E-state index in [1.807, 2.05) is 20.9 Å². The van der Waals surface area contributed by atoms with Gasteiger partial charge in [0.15, 0.2) is 0 Å². The van der Waals surface area contributed by atoms with Crippen LogP contribution in [-0.2, 0) is 27.1 Å². The summed E-state index contributed by atoms with van der Waals surface area (Å²) in [6.07, 6.45) is 19.3. The fourth-order valence-corrected chi connectivity index (χ4v) is 10.8. The number of carbonyl (C=O) groups excluding carboxylic acids is 1. The van der Waals surface area contributed by atoms with Gasteiger partial charge in [-0.25, -0.2) is 0 Å². The predicted molar refractivity (Wildman–Crippen MR) is 231 cm³/mol. The maximum Gasteiger partial charge on any atom is 0.145 e. The number of aldehydes is 1. The highest BCUT2D eigenvalue weighted by atomic mass is 16.5. The van der Waals surface area contributed by atoms with E-state index in [4.69, 9.17) is 9.47 Å². The molecule has 4 bridgehead atoms. The largest absolute Gasteiger partial charge is 0.396 e. The third kappa shape index (κ3) is 10.1. The van der Waals surface area contributed by atoms with Crippen LogP contribution in [0, 0.1) is 35.0 Å². The molecule has 0 aromatic heterocycles. The Labute approximate surface area is 343 Å². The van der Waals surface area contributed by atoms with Gasteiger partial charge in [0.1, 0.15) is 6.29 Å². The van der Waals surface area contributed by atoms with E-state index in [-0.39, 0.29) is 41.7 Å². The van der Waals surface area contributed by atoms with E-state index in [0.29, 0.717) is 64.0 Å². The number of hydrogen-bond donors (Lipinski definition) is 5. The number of allylic oxidation sites excluding steroid dienone is 9. The number of methoxy groups -OCH3 is 1. The van der Waals surface area contributed by atoms with Crippen LogP contribution in [-0.4, -0.2) is 92.5 Å². The molecule has 1 heterocycles. The van der Waals surface area contributed by atoms with E-state index in [1.54, 1.807) is 7.11 Å². The highest BCUT2D eigenvalue weighted by Crippen LogP contribution is 2.67. The van der Waals surface area contributed by atoms with Crippen molar-refractivity contribution in [2.75, 3.05) is 53.7 Å². The summed E-state index contributed by atoms with van der Waals surface area (Å²) in [5, 5.41) is 43.0. The zero-order valence-corrected chi connectivity index (χ0v) is 35.7. The van der Waals surface area contributed by atoms with Gasteiger partial charge in [-0.05, 0) is 139 Å². The molecule has 8 heteroatoms. The van der Waals surface area contributed by atoms with Crippen LogP contribution >= 0.6 is 0 Å². The molecule has 2 saturated carbocycles. The molecule has 0 radical (unpaired) electrons. The van der Waals surface area contributed by atoms with Gasteiger partial charge in [0.05, 0.1) is 18.3 Å². The van der Waals surface area contributed by atoms with E-state index < -0.39 is 17.1 Å². The smallest absolute Gasteiger partial charge is 0.145 e. The Hall–Kier alpha value is -2.95. The second kappa shape index (κ2) is 20.3. The molecule has 2 fully saturated rings. The summed E-state index contributed by atoms with van der Waals surface area (Å²) in [6, 6.07) is 8.98. The Morgan fingerprint density at radius 3 is 2.70 bits per heavy atom. The summed E-state index contributed by atoms with van der Waals surface area (Å²) in [5.74, 6) is -0.498. The van der Waals surface area contributed by atoms with Gasteiger partial charge >= 0.3 is 0 Å². The minimum atomic E-state index is -1.18. The van der Waals surface area contributed by atoms with Gasteiger partial charge in [0, 0.05) is 56.3 Å². The quantitative estimate of drug-likeness (QED) is 0.0526. The number of ether oxygens (including phenoxy) is 2. The predicted octanol–water partition coefficient (Wildman–Crippen LogP) is 7.02. The minimum absolute atomic E-state index is 0.00862. The lowest BCUT2D eigenvalue weighted by Crippen LogP contribution is -2.65. The molecule has 0 unspecified atom stereocenters. The lowest BCUT2D eigenvalue weighted by atomic mass is 9.45. The third-order valence-electron chi connectivity index (χ3n) is 14.0. The molecule has 314 valence electrons. The third-order valence-corrected chi connectivity index (χ3v) is 14.0. The second-order valence-electron chi connectivity index (χ2n) is 17.8. The highest BCUT2D eigenvalue weighted by molar-refractivity contribution is 5.74. The number of nitrogens with one attached hydrogen (secondary N) is 2. The number of hydrogen-bond acceptors (Lipinski definition) is 8. The SMILES string of the molecule is C=C(C=CC=C(COCC)[C@H]1CC[C@]2([C@@H]1O)[C@H]1C(=C(C)C=O)[C@@H](C=C[C@H]1CCO)C[C@]2(O)CCNC)[C@H]1CC=C(C)CN[C@@](C)(CCOC)Cc2cccc(c2)C1. The number of aliphatic hydroxyl groups is 3. The van der Waals surface area contributed by atoms with Crippen molar-refractivity contribution in [1.82, 2.24) is 10.6 Å². The molecule has 4 aliphatic rings.